The quantitative estimate of drug-likeness (QED) is 0.817. The molecule has 0 heterocycles. The van der Waals surface area contributed by atoms with E-state index in [2.05, 4.69) is 5.32 Å². The Hall–Kier alpha value is -1.00. The second-order valence-electron chi connectivity index (χ2n) is 4.02. The number of thioether (sulfide) groups is 1. The molecule has 94 valence electrons. The van der Waals surface area contributed by atoms with Crippen LogP contribution in [-0.4, -0.2) is 29.6 Å². The topological polar surface area (TPSA) is 49.3 Å². The van der Waals surface area contributed by atoms with E-state index in [4.69, 9.17) is 5.11 Å². The first-order valence-corrected chi connectivity index (χ1v) is 7.06. The molecule has 0 aliphatic rings. The fourth-order valence-corrected chi connectivity index (χ4v) is 2.13. The molecular formula is C13H19NO2S. The fraction of sp³-hybridized carbons (Fsp3) is 0.462. The maximum Gasteiger partial charge on any atom is 0.228 e. The molecule has 1 atom stereocenters. The van der Waals surface area contributed by atoms with Crippen LogP contribution in [0, 0.1) is 5.92 Å². The molecule has 0 bridgehead atoms. The zero-order chi connectivity index (χ0) is 12.7. The Morgan fingerprint density at radius 3 is 2.59 bits per heavy atom. The zero-order valence-electron chi connectivity index (χ0n) is 10.3. The third-order valence-electron chi connectivity index (χ3n) is 2.49. The van der Waals surface area contributed by atoms with E-state index < -0.39 is 0 Å². The van der Waals surface area contributed by atoms with Gasteiger partial charge in [-0.3, -0.25) is 4.79 Å². The minimum absolute atomic E-state index is 0.0159. The molecule has 0 aromatic heterocycles. The predicted octanol–water partition coefficient (Wildman–Crippen LogP) is 2.16. The highest BCUT2D eigenvalue weighted by Crippen LogP contribution is 2.12. The van der Waals surface area contributed by atoms with Crippen LogP contribution >= 0.6 is 11.8 Å². The lowest BCUT2D eigenvalue weighted by atomic mass is 10.1. The van der Waals surface area contributed by atoms with Crippen molar-refractivity contribution in [3.63, 3.8) is 0 Å². The summed E-state index contributed by atoms with van der Waals surface area (Å²) in [5, 5.41) is 11.7. The predicted molar refractivity (Wildman–Crippen MR) is 73.4 cm³/mol. The van der Waals surface area contributed by atoms with E-state index in [9.17, 15) is 4.79 Å². The summed E-state index contributed by atoms with van der Waals surface area (Å²) in [5.74, 6) is 0.894. The first-order valence-electron chi connectivity index (χ1n) is 5.67. The molecular weight excluding hydrogens is 234 g/mol. The highest BCUT2D eigenvalue weighted by atomic mass is 32.2. The standard InChI is InChI=1S/C13H19NO2S/c1-10(9-17-2)13(16)14-12-5-3-11(4-6-12)7-8-15/h3-6,10,15H,7-9H2,1-2H3,(H,14,16)/t10-/m0/s1. The summed E-state index contributed by atoms with van der Waals surface area (Å²) >= 11 is 1.67. The molecule has 1 aromatic rings. The lowest BCUT2D eigenvalue weighted by Gasteiger charge is -2.11. The number of rotatable bonds is 6. The van der Waals surface area contributed by atoms with E-state index in [1.165, 1.54) is 0 Å². The number of amides is 1. The molecule has 0 fully saturated rings. The van der Waals surface area contributed by atoms with Crippen LogP contribution in [0.15, 0.2) is 24.3 Å². The van der Waals surface area contributed by atoms with Gasteiger partial charge in [-0.1, -0.05) is 19.1 Å². The number of nitrogens with one attached hydrogen (secondary N) is 1. The third kappa shape index (κ3) is 4.79. The largest absolute Gasteiger partial charge is 0.396 e. The first kappa shape index (κ1) is 14.1. The van der Waals surface area contributed by atoms with Gasteiger partial charge >= 0.3 is 0 Å². The van der Waals surface area contributed by atoms with E-state index in [0.29, 0.717) is 6.42 Å². The van der Waals surface area contributed by atoms with Crippen molar-refractivity contribution in [2.75, 3.05) is 23.9 Å². The Morgan fingerprint density at radius 2 is 2.06 bits per heavy atom. The molecule has 0 saturated carbocycles. The lowest BCUT2D eigenvalue weighted by Crippen LogP contribution is -2.21. The van der Waals surface area contributed by atoms with Crippen LogP contribution in [0.25, 0.3) is 0 Å². The second kappa shape index (κ2) is 7.35. The molecule has 0 aliphatic carbocycles. The summed E-state index contributed by atoms with van der Waals surface area (Å²) in [6.07, 6.45) is 2.64. The van der Waals surface area contributed by atoms with Gasteiger partial charge in [0.15, 0.2) is 0 Å². The summed E-state index contributed by atoms with van der Waals surface area (Å²) in [6.45, 7) is 2.07. The van der Waals surface area contributed by atoms with Crippen molar-refractivity contribution >= 4 is 23.4 Å². The molecule has 3 nitrogen and oxygen atoms in total. The molecule has 0 radical (unpaired) electrons. The average Bonchev–Trinajstić information content (AvgIpc) is 2.32. The van der Waals surface area contributed by atoms with Gasteiger partial charge in [0.1, 0.15) is 0 Å². The minimum atomic E-state index is 0.0159. The van der Waals surface area contributed by atoms with E-state index in [-0.39, 0.29) is 18.4 Å². The highest BCUT2D eigenvalue weighted by molar-refractivity contribution is 7.98. The van der Waals surface area contributed by atoms with Gasteiger partial charge in [0.25, 0.3) is 0 Å². The average molecular weight is 253 g/mol. The van der Waals surface area contributed by atoms with Crippen molar-refractivity contribution in [1.82, 2.24) is 0 Å². The van der Waals surface area contributed by atoms with Crippen molar-refractivity contribution in [2.24, 2.45) is 5.92 Å². The molecule has 0 unspecified atom stereocenters. The van der Waals surface area contributed by atoms with Crippen LogP contribution in [0.3, 0.4) is 0 Å². The number of aliphatic hydroxyl groups excluding tert-OH is 1. The van der Waals surface area contributed by atoms with Gasteiger partial charge in [-0.2, -0.15) is 11.8 Å². The molecule has 0 saturated heterocycles. The molecule has 1 aromatic carbocycles. The summed E-state index contributed by atoms with van der Waals surface area (Å²) in [6, 6.07) is 7.58. The maximum atomic E-state index is 11.7. The third-order valence-corrected chi connectivity index (χ3v) is 3.32. The van der Waals surface area contributed by atoms with Gasteiger partial charge in [0.2, 0.25) is 5.91 Å². The number of anilines is 1. The van der Waals surface area contributed by atoms with Crippen LogP contribution < -0.4 is 5.32 Å². The summed E-state index contributed by atoms with van der Waals surface area (Å²) in [5.41, 5.74) is 1.88. The zero-order valence-corrected chi connectivity index (χ0v) is 11.1. The smallest absolute Gasteiger partial charge is 0.228 e. The molecule has 0 spiro atoms. The van der Waals surface area contributed by atoms with Gasteiger partial charge < -0.3 is 10.4 Å². The second-order valence-corrected chi connectivity index (χ2v) is 4.93. The number of aliphatic hydroxyl groups is 1. The van der Waals surface area contributed by atoms with E-state index in [0.717, 1.165) is 17.0 Å². The van der Waals surface area contributed by atoms with Crippen LogP contribution in [0.4, 0.5) is 5.69 Å². The van der Waals surface area contributed by atoms with Crippen molar-refractivity contribution in [1.29, 1.82) is 0 Å². The van der Waals surface area contributed by atoms with E-state index >= 15 is 0 Å². The number of benzene rings is 1. The van der Waals surface area contributed by atoms with Crippen LogP contribution in [0.5, 0.6) is 0 Å². The van der Waals surface area contributed by atoms with Crippen LogP contribution in [0.2, 0.25) is 0 Å². The molecule has 1 rings (SSSR count). The monoisotopic (exact) mass is 253 g/mol. The van der Waals surface area contributed by atoms with Gasteiger partial charge in [-0.25, -0.2) is 0 Å². The lowest BCUT2D eigenvalue weighted by molar-refractivity contribution is -0.118. The summed E-state index contributed by atoms with van der Waals surface area (Å²) in [4.78, 5) is 11.7. The summed E-state index contributed by atoms with van der Waals surface area (Å²) < 4.78 is 0. The Bertz CT molecular complexity index is 351. The Balaban J connectivity index is 2.53. The molecule has 0 aliphatic heterocycles. The Morgan fingerprint density at radius 1 is 1.41 bits per heavy atom. The Labute approximate surface area is 107 Å². The minimum Gasteiger partial charge on any atom is -0.396 e. The van der Waals surface area contributed by atoms with E-state index in [1.54, 1.807) is 11.8 Å². The van der Waals surface area contributed by atoms with Crippen molar-refractivity contribution in [2.45, 2.75) is 13.3 Å². The molecule has 17 heavy (non-hydrogen) atoms. The van der Waals surface area contributed by atoms with Gasteiger partial charge in [-0.05, 0) is 30.4 Å². The fourth-order valence-electron chi connectivity index (χ4n) is 1.47. The van der Waals surface area contributed by atoms with Gasteiger partial charge in [0, 0.05) is 24.0 Å². The number of hydrogen-bond acceptors (Lipinski definition) is 3. The van der Waals surface area contributed by atoms with Crippen molar-refractivity contribution in [3.8, 4) is 0 Å². The first-order chi connectivity index (χ1) is 8.17. The number of hydrogen-bond donors (Lipinski definition) is 2. The molecule has 1 amide bonds. The molecule has 2 N–H and O–H groups in total. The van der Waals surface area contributed by atoms with Crippen molar-refractivity contribution in [3.05, 3.63) is 29.8 Å². The van der Waals surface area contributed by atoms with Crippen molar-refractivity contribution < 1.29 is 9.90 Å². The Kier molecular flexibility index (Phi) is 6.08. The maximum absolute atomic E-state index is 11.7. The van der Waals surface area contributed by atoms with Crippen LogP contribution in [-0.2, 0) is 11.2 Å². The number of carbonyl (C=O) groups excluding carboxylic acids is 1. The SMILES string of the molecule is CSC[C@H](C)C(=O)Nc1ccc(CCO)cc1. The van der Waals surface area contributed by atoms with E-state index in [1.807, 2.05) is 37.4 Å². The van der Waals surface area contributed by atoms with Gasteiger partial charge in [0.05, 0.1) is 0 Å². The molecule has 4 heteroatoms. The number of carbonyl (C=O) groups is 1. The van der Waals surface area contributed by atoms with Crippen LogP contribution in [0.1, 0.15) is 12.5 Å². The highest BCUT2D eigenvalue weighted by Gasteiger charge is 2.11. The summed E-state index contributed by atoms with van der Waals surface area (Å²) in [7, 11) is 0. The van der Waals surface area contributed by atoms with Gasteiger partial charge in [-0.15, -0.1) is 0 Å². The normalized spacial score (nSPS) is 12.2.